The summed E-state index contributed by atoms with van der Waals surface area (Å²) >= 11 is 0. The Labute approximate surface area is 127 Å². The summed E-state index contributed by atoms with van der Waals surface area (Å²) < 4.78 is 19.4. The maximum atomic E-state index is 14.4. The molecule has 1 fully saturated rings. The largest absolute Gasteiger partial charge is 0.383 e. The third kappa shape index (κ3) is 4.17. The van der Waals surface area contributed by atoms with Gasteiger partial charge >= 0.3 is 0 Å². The number of nitrogens with zero attached hydrogens (tertiary/aromatic N) is 1. The minimum absolute atomic E-state index is 0.103. The van der Waals surface area contributed by atoms with Gasteiger partial charge in [0, 0.05) is 32.8 Å². The first-order chi connectivity index (χ1) is 10.1. The van der Waals surface area contributed by atoms with Crippen molar-refractivity contribution >= 4 is 5.69 Å². The first kappa shape index (κ1) is 16.2. The topological polar surface area (TPSA) is 24.5 Å². The van der Waals surface area contributed by atoms with Crippen LogP contribution in [0.2, 0.25) is 0 Å². The molecule has 0 aliphatic carbocycles. The van der Waals surface area contributed by atoms with Crippen LogP contribution >= 0.6 is 0 Å². The molecule has 1 aromatic carbocycles. The SMILES string of the molecule is COCCNCc1ccc(N2CCCC2C(C)C)c(F)c1. The second-order valence-electron chi connectivity index (χ2n) is 6.10. The highest BCUT2D eigenvalue weighted by Gasteiger charge is 2.28. The molecule has 118 valence electrons. The van der Waals surface area contributed by atoms with E-state index in [0.29, 0.717) is 25.1 Å². The van der Waals surface area contributed by atoms with Gasteiger partial charge in [0.15, 0.2) is 0 Å². The maximum Gasteiger partial charge on any atom is 0.146 e. The number of methoxy groups -OCH3 is 1. The van der Waals surface area contributed by atoms with Gasteiger partial charge in [-0.15, -0.1) is 0 Å². The van der Waals surface area contributed by atoms with Crippen LogP contribution in [0.1, 0.15) is 32.3 Å². The molecular formula is C17H27FN2O. The molecule has 1 aliphatic rings. The van der Waals surface area contributed by atoms with E-state index in [2.05, 4.69) is 24.1 Å². The van der Waals surface area contributed by atoms with Crippen LogP contribution in [0.3, 0.4) is 0 Å². The Balaban J connectivity index is 2.02. The molecule has 3 nitrogen and oxygen atoms in total. The number of benzene rings is 1. The lowest BCUT2D eigenvalue weighted by Gasteiger charge is -2.30. The monoisotopic (exact) mass is 294 g/mol. The Bertz CT molecular complexity index is 450. The molecule has 21 heavy (non-hydrogen) atoms. The van der Waals surface area contributed by atoms with Crippen LogP contribution in [0.4, 0.5) is 10.1 Å². The fourth-order valence-corrected chi connectivity index (χ4v) is 3.08. The van der Waals surface area contributed by atoms with Crippen molar-refractivity contribution in [2.75, 3.05) is 31.7 Å². The first-order valence-electron chi connectivity index (χ1n) is 7.88. The molecule has 1 aliphatic heterocycles. The van der Waals surface area contributed by atoms with Crippen LogP contribution in [0.25, 0.3) is 0 Å². The molecule has 0 spiro atoms. The summed E-state index contributed by atoms with van der Waals surface area (Å²) in [6, 6.07) is 6.08. The number of hydrogen-bond donors (Lipinski definition) is 1. The van der Waals surface area contributed by atoms with Gasteiger partial charge in [0.2, 0.25) is 0 Å². The van der Waals surface area contributed by atoms with Crippen molar-refractivity contribution in [2.24, 2.45) is 5.92 Å². The quantitative estimate of drug-likeness (QED) is 0.782. The second kappa shape index (κ2) is 7.76. The molecule has 1 saturated heterocycles. The van der Waals surface area contributed by atoms with E-state index in [0.717, 1.165) is 37.2 Å². The van der Waals surface area contributed by atoms with Crippen molar-refractivity contribution < 1.29 is 9.13 Å². The van der Waals surface area contributed by atoms with E-state index < -0.39 is 0 Å². The summed E-state index contributed by atoms with van der Waals surface area (Å²) in [6.45, 7) is 7.52. The summed E-state index contributed by atoms with van der Waals surface area (Å²) in [7, 11) is 1.68. The van der Waals surface area contributed by atoms with E-state index >= 15 is 0 Å². The van der Waals surface area contributed by atoms with Crippen LogP contribution in [0.15, 0.2) is 18.2 Å². The number of rotatable bonds is 7. The van der Waals surface area contributed by atoms with Crippen LogP contribution in [0, 0.1) is 11.7 Å². The van der Waals surface area contributed by atoms with Gasteiger partial charge in [0.05, 0.1) is 12.3 Å². The Morgan fingerprint density at radius 3 is 2.90 bits per heavy atom. The molecule has 1 aromatic rings. The van der Waals surface area contributed by atoms with E-state index in [4.69, 9.17) is 4.74 Å². The molecule has 2 rings (SSSR count). The molecule has 4 heteroatoms. The van der Waals surface area contributed by atoms with Gasteiger partial charge in [-0.3, -0.25) is 0 Å². The lowest BCUT2D eigenvalue weighted by atomic mass is 10.0. The van der Waals surface area contributed by atoms with Crippen molar-refractivity contribution in [3.8, 4) is 0 Å². The zero-order chi connectivity index (χ0) is 15.2. The Kier molecular flexibility index (Phi) is 6.00. The Morgan fingerprint density at radius 2 is 2.24 bits per heavy atom. The average Bonchev–Trinajstić information content (AvgIpc) is 2.93. The number of halogens is 1. The van der Waals surface area contributed by atoms with Gasteiger partial charge in [-0.2, -0.15) is 0 Å². The van der Waals surface area contributed by atoms with Crippen molar-refractivity contribution in [1.82, 2.24) is 5.32 Å². The predicted molar refractivity (Wildman–Crippen MR) is 85.2 cm³/mol. The van der Waals surface area contributed by atoms with Crippen molar-refractivity contribution in [3.05, 3.63) is 29.6 Å². The molecule has 1 N–H and O–H groups in total. The standard InChI is InChI=1S/C17H27FN2O/c1-13(2)16-5-4-9-20(16)17-7-6-14(11-15(17)18)12-19-8-10-21-3/h6-7,11,13,16,19H,4-5,8-10,12H2,1-3H3. The Hall–Kier alpha value is -1.13. The van der Waals surface area contributed by atoms with Gasteiger partial charge in [-0.25, -0.2) is 4.39 Å². The van der Waals surface area contributed by atoms with Gasteiger partial charge < -0.3 is 15.0 Å². The highest BCUT2D eigenvalue weighted by Crippen LogP contribution is 2.31. The maximum absolute atomic E-state index is 14.4. The lowest BCUT2D eigenvalue weighted by Crippen LogP contribution is -2.34. The van der Waals surface area contributed by atoms with E-state index in [1.165, 1.54) is 0 Å². The van der Waals surface area contributed by atoms with E-state index in [1.54, 1.807) is 13.2 Å². The average molecular weight is 294 g/mol. The third-order valence-electron chi connectivity index (χ3n) is 4.20. The summed E-state index contributed by atoms with van der Waals surface area (Å²) in [5, 5.41) is 3.24. The van der Waals surface area contributed by atoms with Crippen LogP contribution in [-0.2, 0) is 11.3 Å². The summed E-state index contributed by atoms with van der Waals surface area (Å²) in [6.07, 6.45) is 2.32. The smallest absolute Gasteiger partial charge is 0.146 e. The van der Waals surface area contributed by atoms with Gasteiger partial charge in [-0.05, 0) is 36.5 Å². The predicted octanol–water partition coefficient (Wildman–Crippen LogP) is 3.19. The fourth-order valence-electron chi connectivity index (χ4n) is 3.08. The second-order valence-corrected chi connectivity index (χ2v) is 6.10. The number of ether oxygens (including phenoxy) is 1. The lowest BCUT2D eigenvalue weighted by molar-refractivity contribution is 0.199. The van der Waals surface area contributed by atoms with Crippen LogP contribution in [0.5, 0.6) is 0 Å². The summed E-state index contributed by atoms with van der Waals surface area (Å²) in [5.41, 5.74) is 1.74. The number of hydrogen-bond acceptors (Lipinski definition) is 3. The highest BCUT2D eigenvalue weighted by molar-refractivity contribution is 5.51. The molecule has 1 heterocycles. The number of nitrogens with one attached hydrogen (secondary N) is 1. The summed E-state index contributed by atoms with van der Waals surface area (Å²) in [5.74, 6) is 0.455. The van der Waals surface area contributed by atoms with Gasteiger partial charge in [0.25, 0.3) is 0 Å². The van der Waals surface area contributed by atoms with E-state index in [1.807, 2.05) is 12.1 Å². The van der Waals surface area contributed by atoms with Gasteiger partial charge in [-0.1, -0.05) is 19.9 Å². The van der Waals surface area contributed by atoms with Gasteiger partial charge in [0.1, 0.15) is 5.82 Å². The molecule has 0 bridgehead atoms. The summed E-state index contributed by atoms with van der Waals surface area (Å²) in [4.78, 5) is 2.24. The van der Waals surface area contributed by atoms with Crippen molar-refractivity contribution in [1.29, 1.82) is 0 Å². The van der Waals surface area contributed by atoms with Crippen molar-refractivity contribution in [3.63, 3.8) is 0 Å². The highest BCUT2D eigenvalue weighted by atomic mass is 19.1. The van der Waals surface area contributed by atoms with Crippen LogP contribution < -0.4 is 10.2 Å². The molecule has 1 unspecified atom stereocenters. The van der Waals surface area contributed by atoms with E-state index in [-0.39, 0.29) is 5.82 Å². The molecular weight excluding hydrogens is 267 g/mol. The third-order valence-corrected chi connectivity index (χ3v) is 4.20. The Morgan fingerprint density at radius 1 is 1.43 bits per heavy atom. The zero-order valence-electron chi connectivity index (χ0n) is 13.4. The number of anilines is 1. The normalized spacial score (nSPS) is 18.7. The minimum atomic E-state index is -0.103. The molecule has 0 amide bonds. The van der Waals surface area contributed by atoms with Crippen molar-refractivity contribution in [2.45, 2.75) is 39.3 Å². The molecule has 0 saturated carbocycles. The fraction of sp³-hybridized carbons (Fsp3) is 0.647. The minimum Gasteiger partial charge on any atom is -0.383 e. The van der Waals surface area contributed by atoms with E-state index in [9.17, 15) is 4.39 Å². The molecule has 1 atom stereocenters. The van der Waals surface area contributed by atoms with Crippen LogP contribution in [-0.4, -0.2) is 32.8 Å². The molecule has 0 aromatic heterocycles. The first-order valence-corrected chi connectivity index (χ1v) is 7.88. The zero-order valence-corrected chi connectivity index (χ0v) is 13.4. The molecule has 0 radical (unpaired) electrons.